The molecular weight excluding hydrogens is 466 g/mol. The molecule has 2 aromatic carbocycles. The summed E-state index contributed by atoms with van der Waals surface area (Å²) in [5.41, 5.74) is 3.88. The Labute approximate surface area is 210 Å². The Bertz CT molecular complexity index is 1250. The highest BCUT2D eigenvalue weighted by atomic mass is 35.5. The summed E-state index contributed by atoms with van der Waals surface area (Å²) in [5, 5.41) is 12.3. The van der Waals surface area contributed by atoms with Gasteiger partial charge in [-0.25, -0.2) is 0 Å². The number of aromatic nitrogens is 1. The van der Waals surface area contributed by atoms with E-state index in [1.165, 1.54) is 0 Å². The number of alkyl halides is 1. The molecule has 0 fully saturated rings. The molecule has 8 heteroatoms. The Morgan fingerprint density at radius 1 is 1.29 bits per heavy atom. The minimum atomic E-state index is -0.169. The van der Waals surface area contributed by atoms with Gasteiger partial charge in [-0.3, -0.25) is 4.79 Å². The Balaban J connectivity index is 1.60. The maximum atomic E-state index is 13.6. The number of H-pyrrole nitrogens is 1. The summed E-state index contributed by atoms with van der Waals surface area (Å²) in [5.74, 6) is 1.01. The highest BCUT2D eigenvalue weighted by molar-refractivity contribution is 6.19. The summed E-state index contributed by atoms with van der Waals surface area (Å²) in [4.78, 5) is 20.6. The molecule has 1 aromatic heterocycles. The number of rotatable bonds is 9. The van der Waals surface area contributed by atoms with Crippen LogP contribution in [0.2, 0.25) is 0 Å². The van der Waals surface area contributed by atoms with Gasteiger partial charge >= 0.3 is 0 Å². The van der Waals surface area contributed by atoms with E-state index in [1.54, 1.807) is 18.1 Å². The zero-order valence-electron chi connectivity index (χ0n) is 20.6. The molecule has 2 heterocycles. The van der Waals surface area contributed by atoms with Crippen molar-refractivity contribution in [1.82, 2.24) is 9.88 Å². The Morgan fingerprint density at radius 2 is 2.03 bits per heavy atom. The van der Waals surface area contributed by atoms with Crippen molar-refractivity contribution in [3.63, 3.8) is 0 Å². The average Bonchev–Trinajstić information content (AvgIpc) is 3.40. The molecule has 0 aliphatic carbocycles. The van der Waals surface area contributed by atoms with Gasteiger partial charge in [-0.05, 0) is 43.6 Å². The molecule has 0 bridgehead atoms. The summed E-state index contributed by atoms with van der Waals surface area (Å²) in [6.45, 7) is 4.16. The molecule has 2 N–H and O–H groups in total. The predicted octanol–water partition coefficient (Wildman–Crippen LogP) is 4.73. The molecule has 4 rings (SSSR count). The van der Waals surface area contributed by atoms with Crippen LogP contribution in [-0.4, -0.2) is 74.3 Å². The fourth-order valence-electron chi connectivity index (χ4n) is 4.47. The molecule has 1 amide bonds. The quantitative estimate of drug-likeness (QED) is 0.254. The van der Waals surface area contributed by atoms with Crippen LogP contribution in [0, 0.1) is 6.92 Å². The lowest BCUT2D eigenvalue weighted by molar-refractivity contribution is 0.0984. The van der Waals surface area contributed by atoms with Gasteiger partial charge in [-0.1, -0.05) is 24.3 Å². The fourth-order valence-corrected chi connectivity index (χ4v) is 4.72. The van der Waals surface area contributed by atoms with Gasteiger partial charge in [0.2, 0.25) is 0 Å². The van der Waals surface area contributed by atoms with Gasteiger partial charge in [0.1, 0.15) is 23.8 Å². The van der Waals surface area contributed by atoms with Crippen LogP contribution in [0.3, 0.4) is 0 Å². The SMILES string of the molecule is COC(=Cc1[nH]c(C(=O)N2CC(CCl)c3c2cc(O)c2ccccc32)cc1C)COCCN(C)C. The van der Waals surface area contributed by atoms with Gasteiger partial charge in [0, 0.05) is 48.1 Å². The van der Waals surface area contributed by atoms with Gasteiger partial charge in [-0.15, -0.1) is 11.6 Å². The average molecular weight is 498 g/mol. The zero-order valence-corrected chi connectivity index (χ0v) is 21.4. The lowest BCUT2D eigenvalue weighted by Crippen LogP contribution is -2.30. The zero-order chi connectivity index (χ0) is 25.1. The number of amides is 1. The summed E-state index contributed by atoms with van der Waals surface area (Å²) in [6, 6.07) is 11.2. The first-order valence-corrected chi connectivity index (χ1v) is 12.2. The highest BCUT2D eigenvalue weighted by Gasteiger charge is 2.35. The van der Waals surface area contributed by atoms with E-state index in [0.29, 0.717) is 42.8 Å². The largest absolute Gasteiger partial charge is 0.507 e. The molecule has 7 nitrogen and oxygen atoms in total. The number of nitrogens with one attached hydrogen (secondary N) is 1. The number of methoxy groups -OCH3 is 1. The number of carbonyl (C=O) groups is 1. The number of aromatic hydroxyl groups is 1. The number of benzene rings is 2. The summed E-state index contributed by atoms with van der Waals surface area (Å²) >= 11 is 6.32. The molecule has 3 aromatic rings. The van der Waals surface area contributed by atoms with E-state index >= 15 is 0 Å². The first-order valence-electron chi connectivity index (χ1n) is 11.6. The molecule has 1 aliphatic rings. The number of hydrogen-bond acceptors (Lipinski definition) is 5. The van der Waals surface area contributed by atoms with Crippen LogP contribution in [0.5, 0.6) is 5.75 Å². The normalized spacial score (nSPS) is 15.8. The summed E-state index contributed by atoms with van der Waals surface area (Å²) in [6.07, 6.45) is 1.86. The molecule has 1 unspecified atom stereocenters. The molecule has 0 spiro atoms. The summed E-state index contributed by atoms with van der Waals surface area (Å²) in [7, 11) is 5.60. The van der Waals surface area contributed by atoms with Crippen molar-refractivity contribution < 1.29 is 19.4 Å². The smallest absolute Gasteiger partial charge is 0.274 e. The first-order chi connectivity index (χ1) is 16.8. The molecule has 0 radical (unpaired) electrons. The van der Waals surface area contributed by atoms with Crippen molar-refractivity contribution in [2.75, 3.05) is 58.3 Å². The van der Waals surface area contributed by atoms with E-state index in [-0.39, 0.29) is 17.6 Å². The van der Waals surface area contributed by atoms with Crippen molar-refractivity contribution in [2.45, 2.75) is 12.8 Å². The van der Waals surface area contributed by atoms with E-state index in [0.717, 1.165) is 34.1 Å². The maximum absolute atomic E-state index is 13.6. The number of anilines is 1. The number of fused-ring (bicyclic) bond motifs is 3. The number of halogens is 1. The van der Waals surface area contributed by atoms with Crippen LogP contribution in [0.1, 0.15) is 33.2 Å². The van der Waals surface area contributed by atoms with Crippen LogP contribution in [0.25, 0.3) is 16.8 Å². The van der Waals surface area contributed by atoms with Gasteiger partial charge in [-0.2, -0.15) is 0 Å². The van der Waals surface area contributed by atoms with E-state index in [4.69, 9.17) is 21.1 Å². The third-order valence-corrected chi connectivity index (χ3v) is 6.73. The van der Waals surface area contributed by atoms with Gasteiger partial charge in [0.25, 0.3) is 5.91 Å². The lowest BCUT2D eigenvalue weighted by Gasteiger charge is -2.17. The number of phenolic OH excluding ortho intramolecular Hbond substituents is 1. The minimum absolute atomic E-state index is 0.0176. The molecular formula is C27H32ClN3O4. The number of likely N-dealkylation sites (N-methyl/N-ethyl adjacent to an activating group) is 1. The number of phenols is 1. The number of carbonyl (C=O) groups excluding carboxylic acids is 1. The number of ether oxygens (including phenoxy) is 2. The number of nitrogens with zero attached hydrogens (tertiary/aromatic N) is 2. The number of aromatic amines is 1. The van der Waals surface area contributed by atoms with E-state index in [1.807, 2.05) is 57.4 Å². The summed E-state index contributed by atoms with van der Waals surface area (Å²) < 4.78 is 11.2. The third kappa shape index (κ3) is 5.17. The van der Waals surface area contributed by atoms with Crippen LogP contribution in [-0.2, 0) is 9.47 Å². The predicted molar refractivity (Wildman–Crippen MR) is 141 cm³/mol. The van der Waals surface area contributed by atoms with Gasteiger partial charge in [0.05, 0.1) is 19.4 Å². The van der Waals surface area contributed by atoms with E-state index < -0.39 is 0 Å². The van der Waals surface area contributed by atoms with Crippen LogP contribution >= 0.6 is 11.6 Å². The molecule has 1 aliphatic heterocycles. The molecule has 0 saturated carbocycles. The van der Waals surface area contributed by atoms with Crippen molar-refractivity contribution in [3.8, 4) is 5.75 Å². The van der Waals surface area contributed by atoms with Crippen molar-refractivity contribution in [1.29, 1.82) is 0 Å². The molecule has 0 saturated heterocycles. The van der Waals surface area contributed by atoms with E-state index in [9.17, 15) is 9.90 Å². The second-order valence-corrected chi connectivity index (χ2v) is 9.40. The highest BCUT2D eigenvalue weighted by Crippen LogP contribution is 2.45. The standard InChI is InChI=1S/C27H32ClN3O4/c1-17-11-23(29-22(17)12-19(34-4)16-35-10-9-30(2)3)27(33)31-15-18(14-28)26-21-8-6-5-7-20(21)25(32)13-24(26)31/h5-8,11-13,18,29,32H,9-10,14-16H2,1-4H3. The second-order valence-electron chi connectivity index (χ2n) is 9.09. The number of hydrogen-bond donors (Lipinski definition) is 2. The fraction of sp³-hybridized carbons (Fsp3) is 0.370. The maximum Gasteiger partial charge on any atom is 0.274 e. The molecule has 1 atom stereocenters. The van der Waals surface area contributed by atoms with Crippen LogP contribution in [0.15, 0.2) is 42.2 Å². The van der Waals surface area contributed by atoms with Gasteiger partial charge in [0.15, 0.2) is 0 Å². The number of aryl methyl sites for hydroxylation is 1. The Hall–Kier alpha value is -3.00. The second kappa shape index (κ2) is 10.7. The lowest BCUT2D eigenvalue weighted by atomic mass is 9.95. The topological polar surface area (TPSA) is 78.0 Å². The Kier molecular flexibility index (Phi) is 7.69. The van der Waals surface area contributed by atoms with Crippen molar-refractivity contribution >= 4 is 40.0 Å². The van der Waals surface area contributed by atoms with Crippen LogP contribution in [0.4, 0.5) is 5.69 Å². The van der Waals surface area contributed by atoms with Crippen molar-refractivity contribution in [3.05, 3.63) is 64.7 Å². The molecule has 186 valence electrons. The minimum Gasteiger partial charge on any atom is -0.507 e. The van der Waals surface area contributed by atoms with E-state index in [2.05, 4.69) is 9.88 Å². The molecule has 35 heavy (non-hydrogen) atoms. The first kappa shape index (κ1) is 25.1. The Morgan fingerprint density at radius 3 is 2.71 bits per heavy atom. The van der Waals surface area contributed by atoms with Crippen molar-refractivity contribution in [2.24, 2.45) is 0 Å². The monoisotopic (exact) mass is 497 g/mol. The van der Waals surface area contributed by atoms with Gasteiger partial charge < -0.3 is 29.4 Å². The van der Waals surface area contributed by atoms with Crippen LogP contribution < -0.4 is 4.90 Å². The third-order valence-electron chi connectivity index (χ3n) is 6.36.